The van der Waals surface area contributed by atoms with Gasteiger partial charge < -0.3 is 21.1 Å². The van der Waals surface area contributed by atoms with Gasteiger partial charge >= 0.3 is 0 Å². The highest BCUT2D eigenvalue weighted by Crippen LogP contribution is 1.75. The molecule has 96 valence electrons. The van der Waals surface area contributed by atoms with Gasteiger partial charge in [-0.05, 0) is 6.42 Å². The van der Waals surface area contributed by atoms with Crippen LogP contribution in [0.2, 0.25) is 0 Å². The maximum Gasteiger partial charge on any atom is 0.241 e. The number of nitrogens with two attached hydrogens (primary N) is 1. The molecule has 0 aliphatic carbocycles. The number of amides is 1. The van der Waals surface area contributed by atoms with E-state index in [-0.39, 0.29) is 42.4 Å². The molecule has 0 saturated carbocycles. The Kier molecular flexibility index (Phi) is 13.9. The molecule has 0 atom stereocenters. The standard InChI is InChI=1S/C9H20N4O2.HI/c1-3-4-11-8(14)7-13-9(10)12-5-6-15-2;/h3-7H2,1-2H3,(H,11,14)(H3,10,12,13);1H. The summed E-state index contributed by atoms with van der Waals surface area (Å²) in [5.74, 6) is 0.145. The molecule has 0 bridgehead atoms. The molecule has 16 heavy (non-hydrogen) atoms. The summed E-state index contributed by atoms with van der Waals surface area (Å²) in [6.45, 7) is 3.86. The third-order valence-corrected chi connectivity index (χ3v) is 1.58. The van der Waals surface area contributed by atoms with Crippen molar-refractivity contribution in [1.82, 2.24) is 10.6 Å². The fourth-order valence-electron chi connectivity index (χ4n) is 0.814. The van der Waals surface area contributed by atoms with E-state index in [4.69, 9.17) is 10.5 Å². The highest BCUT2D eigenvalue weighted by molar-refractivity contribution is 14.0. The van der Waals surface area contributed by atoms with Crippen molar-refractivity contribution in [2.75, 3.05) is 33.4 Å². The molecule has 0 aliphatic rings. The van der Waals surface area contributed by atoms with Gasteiger partial charge in [0, 0.05) is 20.2 Å². The molecule has 0 aliphatic heterocycles. The van der Waals surface area contributed by atoms with Crippen molar-refractivity contribution in [3.63, 3.8) is 0 Å². The number of halogens is 1. The van der Waals surface area contributed by atoms with Gasteiger partial charge in [0.2, 0.25) is 5.91 Å². The lowest BCUT2D eigenvalue weighted by molar-refractivity contribution is -0.119. The van der Waals surface area contributed by atoms with Gasteiger partial charge in [-0.15, -0.1) is 24.0 Å². The van der Waals surface area contributed by atoms with Crippen LogP contribution in [-0.2, 0) is 9.53 Å². The average molecular weight is 344 g/mol. The van der Waals surface area contributed by atoms with Crippen molar-refractivity contribution in [2.24, 2.45) is 10.7 Å². The highest BCUT2D eigenvalue weighted by Gasteiger charge is 1.98. The first kappa shape index (κ1) is 17.8. The van der Waals surface area contributed by atoms with Crippen LogP contribution in [0.1, 0.15) is 13.3 Å². The number of carbonyl (C=O) groups excluding carboxylic acids is 1. The number of aliphatic imine (C=N–C) groups is 1. The zero-order valence-electron chi connectivity index (χ0n) is 9.78. The second-order valence-electron chi connectivity index (χ2n) is 2.97. The minimum atomic E-state index is -0.117. The van der Waals surface area contributed by atoms with Crippen molar-refractivity contribution in [2.45, 2.75) is 13.3 Å². The fourth-order valence-corrected chi connectivity index (χ4v) is 0.814. The number of nitrogens with one attached hydrogen (secondary N) is 2. The zero-order valence-corrected chi connectivity index (χ0v) is 12.1. The summed E-state index contributed by atoms with van der Waals surface area (Å²) in [5, 5.41) is 5.52. The predicted octanol–water partition coefficient (Wildman–Crippen LogP) is -0.319. The first-order chi connectivity index (χ1) is 7.20. The average Bonchev–Trinajstić information content (AvgIpc) is 2.24. The maximum absolute atomic E-state index is 11.1. The van der Waals surface area contributed by atoms with Crippen molar-refractivity contribution in [1.29, 1.82) is 0 Å². The Morgan fingerprint density at radius 3 is 2.62 bits per heavy atom. The number of ether oxygens (including phenoxy) is 1. The number of guanidine groups is 1. The van der Waals surface area contributed by atoms with Crippen LogP contribution in [0, 0.1) is 0 Å². The summed E-state index contributed by atoms with van der Waals surface area (Å²) in [6, 6.07) is 0. The van der Waals surface area contributed by atoms with Gasteiger partial charge in [0.1, 0.15) is 6.54 Å². The lowest BCUT2D eigenvalue weighted by atomic mass is 10.4. The second-order valence-corrected chi connectivity index (χ2v) is 2.97. The van der Waals surface area contributed by atoms with E-state index in [1.165, 1.54) is 0 Å². The van der Waals surface area contributed by atoms with Gasteiger partial charge in [-0.2, -0.15) is 0 Å². The lowest BCUT2D eigenvalue weighted by Gasteiger charge is -2.04. The number of methoxy groups -OCH3 is 1. The van der Waals surface area contributed by atoms with Crippen LogP contribution >= 0.6 is 24.0 Å². The summed E-state index contributed by atoms with van der Waals surface area (Å²) in [4.78, 5) is 15.0. The molecule has 0 aromatic rings. The molecule has 4 N–H and O–H groups in total. The Morgan fingerprint density at radius 2 is 2.06 bits per heavy atom. The number of rotatable bonds is 7. The quantitative estimate of drug-likeness (QED) is 0.256. The smallest absolute Gasteiger partial charge is 0.241 e. The highest BCUT2D eigenvalue weighted by atomic mass is 127. The summed E-state index contributed by atoms with van der Waals surface area (Å²) in [5.41, 5.74) is 5.49. The summed E-state index contributed by atoms with van der Waals surface area (Å²) < 4.78 is 4.82. The third kappa shape index (κ3) is 11.5. The molecular weight excluding hydrogens is 323 g/mol. The Bertz CT molecular complexity index is 212. The van der Waals surface area contributed by atoms with E-state index in [9.17, 15) is 4.79 Å². The van der Waals surface area contributed by atoms with Crippen molar-refractivity contribution < 1.29 is 9.53 Å². The number of hydrogen-bond donors (Lipinski definition) is 3. The van der Waals surface area contributed by atoms with E-state index in [1.807, 2.05) is 6.92 Å². The molecule has 0 rings (SSSR count). The van der Waals surface area contributed by atoms with Crippen LogP contribution in [-0.4, -0.2) is 45.2 Å². The summed E-state index contributed by atoms with van der Waals surface area (Å²) >= 11 is 0. The van der Waals surface area contributed by atoms with Crippen molar-refractivity contribution in [3.05, 3.63) is 0 Å². The lowest BCUT2D eigenvalue weighted by Crippen LogP contribution is -2.35. The van der Waals surface area contributed by atoms with E-state index >= 15 is 0 Å². The molecule has 1 amide bonds. The van der Waals surface area contributed by atoms with Gasteiger partial charge in [-0.3, -0.25) is 4.79 Å². The first-order valence-electron chi connectivity index (χ1n) is 5.00. The van der Waals surface area contributed by atoms with Crippen LogP contribution < -0.4 is 16.4 Å². The van der Waals surface area contributed by atoms with Crippen molar-refractivity contribution >= 4 is 35.8 Å². The third-order valence-electron chi connectivity index (χ3n) is 1.58. The van der Waals surface area contributed by atoms with Crippen LogP contribution in [0.5, 0.6) is 0 Å². The van der Waals surface area contributed by atoms with Crippen molar-refractivity contribution in [3.8, 4) is 0 Å². The number of nitrogens with zero attached hydrogens (tertiary/aromatic N) is 1. The normalized spacial score (nSPS) is 10.5. The second kappa shape index (κ2) is 12.5. The molecule has 0 unspecified atom stereocenters. The Morgan fingerprint density at radius 1 is 1.38 bits per heavy atom. The molecule has 7 heteroatoms. The van der Waals surface area contributed by atoms with Gasteiger partial charge in [0.25, 0.3) is 0 Å². The van der Waals surface area contributed by atoms with Crippen LogP contribution in [0.3, 0.4) is 0 Å². The number of carbonyl (C=O) groups is 1. The molecular formula is C9H21IN4O2. The fraction of sp³-hybridized carbons (Fsp3) is 0.778. The van der Waals surface area contributed by atoms with Crippen LogP contribution in [0.15, 0.2) is 4.99 Å². The van der Waals surface area contributed by atoms with E-state index in [0.717, 1.165) is 6.42 Å². The van der Waals surface area contributed by atoms with E-state index < -0.39 is 0 Å². The SMILES string of the molecule is CCCNC(=O)CN=C(N)NCCOC.I. The monoisotopic (exact) mass is 344 g/mol. The Labute approximate surface area is 113 Å². The molecule has 0 saturated heterocycles. The van der Waals surface area contributed by atoms with Gasteiger partial charge in [-0.25, -0.2) is 4.99 Å². The van der Waals surface area contributed by atoms with Gasteiger partial charge in [0.15, 0.2) is 5.96 Å². The van der Waals surface area contributed by atoms with Gasteiger partial charge in [0.05, 0.1) is 6.61 Å². The molecule has 0 aromatic heterocycles. The van der Waals surface area contributed by atoms with Gasteiger partial charge in [-0.1, -0.05) is 6.92 Å². The predicted molar refractivity (Wildman–Crippen MR) is 75.1 cm³/mol. The molecule has 0 fully saturated rings. The largest absolute Gasteiger partial charge is 0.383 e. The summed E-state index contributed by atoms with van der Waals surface area (Å²) in [7, 11) is 1.60. The van der Waals surface area contributed by atoms with E-state index in [0.29, 0.717) is 19.7 Å². The topological polar surface area (TPSA) is 88.7 Å². The molecule has 0 spiro atoms. The minimum Gasteiger partial charge on any atom is -0.383 e. The van der Waals surface area contributed by atoms with Crippen LogP contribution in [0.25, 0.3) is 0 Å². The Balaban J connectivity index is 0. The number of hydrogen-bond acceptors (Lipinski definition) is 3. The molecule has 0 aromatic carbocycles. The van der Waals surface area contributed by atoms with Crippen LogP contribution in [0.4, 0.5) is 0 Å². The summed E-state index contributed by atoms with van der Waals surface area (Å²) in [6.07, 6.45) is 0.914. The minimum absolute atomic E-state index is 0. The Hall–Kier alpha value is -0.570. The van der Waals surface area contributed by atoms with E-state index in [2.05, 4.69) is 15.6 Å². The maximum atomic E-state index is 11.1. The molecule has 0 radical (unpaired) electrons. The first-order valence-corrected chi connectivity index (χ1v) is 5.00. The molecule has 6 nitrogen and oxygen atoms in total. The molecule has 0 heterocycles. The van der Waals surface area contributed by atoms with E-state index in [1.54, 1.807) is 7.11 Å². The zero-order chi connectivity index (χ0) is 11.5.